The fourth-order valence-corrected chi connectivity index (χ4v) is 1.27. The quantitative estimate of drug-likeness (QED) is 0.835. The summed E-state index contributed by atoms with van der Waals surface area (Å²) in [5.74, 6) is -5.64. The van der Waals surface area contributed by atoms with E-state index >= 15 is 0 Å². The summed E-state index contributed by atoms with van der Waals surface area (Å²) in [6, 6.07) is 1.46. The fraction of sp³-hybridized carbons (Fsp3) is 0. The molecule has 0 saturated carbocycles. The molecule has 0 aliphatic rings. The molecule has 0 spiro atoms. The van der Waals surface area contributed by atoms with E-state index in [1.54, 1.807) is 0 Å². The molecule has 0 bridgehead atoms. The summed E-state index contributed by atoms with van der Waals surface area (Å²) >= 11 is 0. The van der Waals surface area contributed by atoms with Gasteiger partial charge in [-0.3, -0.25) is 0 Å². The Morgan fingerprint density at radius 3 is 2.00 bits per heavy atom. The molecule has 0 aliphatic heterocycles. The molecule has 0 fully saturated rings. The van der Waals surface area contributed by atoms with Crippen LogP contribution in [0.4, 0.5) is 13.2 Å². The van der Waals surface area contributed by atoms with Crippen LogP contribution in [0.1, 0.15) is 10.4 Å². The van der Waals surface area contributed by atoms with E-state index in [2.05, 4.69) is 9.97 Å². The molecular weight excluding hydrogens is 249 g/mol. The van der Waals surface area contributed by atoms with Gasteiger partial charge in [-0.05, 0) is 12.1 Å². The van der Waals surface area contributed by atoms with Crippen molar-refractivity contribution < 1.29 is 23.1 Å². The standard InChI is InChI=1S/C11H5F3N2O2/c12-7-1-5(2-8(13)9(7)14)10-15-3-6(4-16-10)11(17)18/h1-4H,(H,17,18). The molecule has 1 aromatic heterocycles. The average Bonchev–Trinajstić information content (AvgIpc) is 2.35. The summed E-state index contributed by atoms with van der Waals surface area (Å²) in [7, 11) is 0. The van der Waals surface area contributed by atoms with Crippen LogP contribution in [0.15, 0.2) is 24.5 Å². The van der Waals surface area contributed by atoms with Gasteiger partial charge in [-0.2, -0.15) is 0 Å². The lowest BCUT2D eigenvalue weighted by Crippen LogP contribution is -2.00. The van der Waals surface area contributed by atoms with E-state index in [1.165, 1.54) is 0 Å². The van der Waals surface area contributed by atoms with Crippen molar-refractivity contribution in [2.45, 2.75) is 0 Å². The monoisotopic (exact) mass is 254 g/mol. The molecule has 0 radical (unpaired) electrons. The summed E-state index contributed by atoms with van der Waals surface area (Å²) < 4.78 is 38.7. The lowest BCUT2D eigenvalue weighted by Gasteiger charge is -2.02. The second-order valence-electron chi connectivity index (χ2n) is 3.35. The average molecular weight is 254 g/mol. The molecule has 1 aromatic carbocycles. The van der Waals surface area contributed by atoms with E-state index in [9.17, 15) is 18.0 Å². The molecule has 0 saturated heterocycles. The van der Waals surface area contributed by atoms with Crippen LogP contribution in [-0.2, 0) is 0 Å². The number of rotatable bonds is 2. The first kappa shape index (κ1) is 12.0. The van der Waals surface area contributed by atoms with Gasteiger partial charge in [-0.25, -0.2) is 27.9 Å². The number of halogens is 3. The van der Waals surface area contributed by atoms with Gasteiger partial charge in [-0.15, -0.1) is 0 Å². The van der Waals surface area contributed by atoms with Crippen LogP contribution >= 0.6 is 0 Å². The Bertz CT molecular complexity index is 591. The summed E-state index contributed by atoms with van der Waals surface area (Å²) in [5, 5.41) is 8.62. The highest BCUT2D eigenvalue weighted by Gasteiger charge is 2.13. The zero-order valence-electron chi connectivity index (χ0n) is 8.69. The van der Waals surface area contributed by atoms with E-state index in [0.29, 0.717) is 0 Å². The molecule has 0 unspecified atom stereocenters. The molecule has 92 valence electrons. The Balaban J connectivity index is 2.46. The van der Waals surface area contributed by atoms with E-state index in [-0.39, 0.29) is 17.0 Å². The Kier molecular flexibility index (Phi) is 2.97. The van der Waals surface area contributed by atoms with Gasteiger partial charge in [0.1, 0.15) is 0 Å². The van der Waals surface area contributed by atoms with Crippen molar-refractivity contribution >= 4 is 5.97 Å². The number of nitrogens with zero attached hydrogens (tertiary/aromatic N) is 2. The zero-order valence-corrected chi connectivity index (χ0v) is 8.69. The van der Waals surface area contributed by atoms with E-state index in [4.69, 9.17) is 5.11 Å². The highest BCUT2D eigenvalue weighted by atomic mass is 19.2. The highest BCUT2D eigenvalue weighted by molar-refractivity contribution is 5.86. The summed E-state index contributed by atoms with van der Waals surface area (Å²) in [4.78, 5) is 17.8. The third-order valence-electron chi connectivity index (χ3n) is 2.14. The van der Waals surface area contributed by atoms with Gasteiger partial charge in [-0.1, -0.05) is 0 Å². The first-order valence-corrected chi connectivity index (χ1v) is 4.69. The number of aromatic carboxylic acids is 1. The zero-order chi connectivity index (χ0) is 13.3. The van der Waals surface area contributed by atoms with Gasteiger partial charge in [0.2, 0.25) is 0 Å². The summed E-state index contributed by atoms with van der Waals surface area (Å²) in [5.41, 5.74) is -0.245. The van der Waals surface area contributed by atoms with Gasteiger partial charge in [0.05, 0.1) is 5.56 Å². The van der Waals surface area contributed by atoms with E-state index in [0.717, 1.165) is 24.5 Å². The number of hydrogen-bond acceptors (Lipinski definition) is 3. The third kappa shape index (κ3) is 2.15. The predicted molar refractivity (Wildman–Crippen MR) is 54.3 cm³/mol. The summed E-state index contributed by atoms with van der Waals surface area (Å²) in [6.07, 6.45) is 1.98. The van der Waals surface area contributed by atoms with Crippen molar-refractivity contribution in [3.05, 3.63) is 47.5 Å². The summed E-state index contributed by atoms with van der Waals surface area (Å²) in [6.45, 7) is 0. The fourth-order valence-electron chi connectivity index (χ4n) is 1.27. The van der Waals surface area contributed by atoms with Crippen molar-refractivity contribution in [1.29, 1.82) is 0 Å². The normalized spacial score (nSPS) is 10.4. The van der Waals surface area contributed by atoms with Crippen molar-refractivity contribution in [3.63, 3.8) is 0 Å². The van der Waals surface area contributed by atoms with Crippen molar-refractivity contribution in [1.82, 2.24) is 9.97 Å². The van der Waals surface area contributed by atoms with Gasteiger partial charge in [0.15, 0.2) is 23.3 Å². The number of hydrogen-bond donors (Lipinski definition) is 1. The Labute approximate surface area is 98.7 Å². The molecule has 2 rings (SSSR count). The topological polar surface area (TPSA) is 63.1 Å². The van der Waals surface area contributed by atoms with Crippen molar-refractivity contribution in [2.75, 3.05) is 0 Å². The van der Waals surface area contributed by atoms with E-state index in [1.807, 2.05) is 0 Å². The Hall–Kier alpha value is -2.44. The second kappa shape index (κ2) is 4.44. The smallest absolute Gasteiger partial charge is 0.338 e. The van der Waals surface area contributed by atoms with Crippen LogP contribution in [0.2, 0.25) is 0 Å². The molecule has 0 amide bonds. The predicted octanol–water partition coefficient (Wildman–Crippen LogP) is 2.26. The van der Waals surface area contributed by atoms with Crippen molar-refractivity contribution in [3.8, 4) is 11.4 Å². The number of benzene rings is 1. The minimum absolute atomic E-state index is 0.0802. The first-order chi connectivity index (χ1) is 8.49. The van der Waals surface area contributed by atoms with Crippen LogP contribution in [0.5, 0.6) is 0 Å². The molecule has 4 nitrogen and oxygen atoms in total. The van der Waals surface area contributed by atoms with Crippen LogP contribution in [0.25, 0.3) is 11.4 Å². The minimum Gasteiger partial charge on any atom is -0.478 e. The van der Waals surface area contributed by atoms with Crippen LogP contribution < -0.4 is 0 Å². The maximum absolute atomic E-state index is 13.0. The number of carbonyl (C=O) groups is 1. The van der Waals surface area contributed by atoms with Crippen LogP contribution in [-0.4, -0.2) is 21.0 Å². The third-order valence-corrected chi connectivity index (χ3v) is 2.14. The molecule has 1 N–H and O–H groups in total. The van der Waals surface area contributed by atoms with Crippen LogP contribution in [0, 0.1) is 17.5 Å². The highest BCUT2D eigenvalue weighted by Crippen LogP contribution is 2.20. The minimum atomic E-state index is -1.58. The first-order valence-electron chi connectivity index (χ1n) is 4.69. The second-order valence-corrected chi connectivity index (χ2v) is 3.35. The van der Waals surface area contributed by atoms with Gasteiger partial charge < -0.3 is 5.11 Å². The molecule has 7 heteroatoms. The largest absolute Gasteiger partial charge is 0.478 e. The molecule has 18 heavy (non-hydrogen) atoms. The molecule has 0 atom stereocenters. The van der Waals surface area contributed by atoms with E-state index < -0.39 is 23.4 Å². The van der Waals surface area contributed by atoms with Crippen molar-refractivity contribution in [2.24, 2.45) is 0 Å². The Morgan fingerprint density at radius 2 is 1.56 bits per heavy atom. The SMILES string of the molecule is O=C(O)c1cnc(-c2cc(F)c(F)c(F)c2)nc1. The molecule has 0 aliphatic carbocycles. The lowest BCUT2D eigenvalue weighted by molar-refractivity contribution is 0.0696. The van der Waals surface area contributed by atoms with Gasteiger partial charge in [0, 0.05) is 18.0 Å². The van der Waals surface area contributed by atoms with Crippen LogP contribution in [0.3, 0.4) is 0 Å². The maximum Gasteiger partial charge on any atom is 0.338 e. The number of aromatic nitrogens is 2. The lowest BCUT2D eigenvalue weighted by atomic mass is 10.2. The Morgan fingerprint density at radius 1 is 1.06 bits per heavy atom. The molecule has 1 heterocycles. The number of carboxylic acids is 1. The van der Waals surface area contributed by atoms with Gasteiger partial charge >= 0.3 is 5.97 Å². The van der Waals surface area contributed by atoms with Gasteiger partial charge in [0.25, 0.3) is 0 Å². The maximum atomic E-state index is 13.0. The molecule has 2 aromatic rings. The number of carboxylic acid groups (broad SMARTS) is 1. The molecular formula is C11H5F3N2O2.